The van der Waals surface area contributed by atoms with Gasteiger partial charge in [0.1, 0.15) is 6.54 Å². The van der Waals surface area contributed by atoms with Gasteiger partial charge in [-0.2, -0.15) is 0 Å². The van der Waals surface area contributed by atoms with Crippen LogP contribution in [0.3, 0.4) is 0 Å². The van der Waals surface area contributed by atoms with Gasteiger partial charge in [0.25, 0.3) is 5.91 Å². The molecule has 6 heteroatoms. The smallest absolute Gasteiger partial charge is 0.323 e. The van der Waals surface area contributed by atoms with Crippen molar-refractivity contribution in [1.29, 1.82) is 0 Å². The third kappa shape index (κ3) is 4.34. The van der Waals surface area contributed by atoms with Crippen LogP contribution in [0, 0.1) is 0 Å². The van der Waals surface area contributed by atoms with Crippen LogP contribution < -0.4 is 0 Å². The number of rotatable bonds is 7. The molecule has 1 unspecified atom stereocenters. The Kier molecular flexibility index (Phi) is 5.95. The molecule has 2 rings (SSSR count). The fourth-order valence-corrected chi connectivity index (χ4v) is 2.80. The number of aliphatic carboxylic acids is 1. The molecule has 130 valence electrons. The first-order valence-electron chi connectivity index (χ1n) is 8.31. The molecule has 0 bridgehead atoms. The number of hydrogen-bond acceptors (Lipinski definition) is 3. The number of amides is 2. The highest BCUT2D eigenvalue weighted by atomic mass is 16.4. The number of benzene rings is 1. The Morgan fingerprint density at radius 1 is 1.29 bits per heavy atom. The van der Waals surface area contributed by atoms with Crippen LogP contribution in [0.2, 0.25) is 0 Å². The van der Waals surface area contributed by atoms with E-state index in [1.165, 1.54) is 4.90 Å². The van der Waals surface area contributed by atoms with Crippen LogP contribution in [0.25, 0.3) is 0 Å². The lowest BCUT2D eigenvalue weighted by Crippen LogP contribution is -2.41. The van der Waals surface area contributed by atoms with Crippen LogP contribution >= 0.6 is 0 Å². The van der Waals surface area contributed by atoms with Crippen LogP contribution in [0.15, 0.2) is 24.3 Å². The molecule has 1 aliphatic heterocycles. The molecule has 0 aromatic heterocycles. The topological polar surface area (TPSA) is 77.9 Å². The Balaban J connectivity index is 2.08. The number of carbonyl (C=O) groups is 3. The quantitative estimate of drug-likeness (QED) is 0.830. The Labute approximate surface area is 142 Å². The second-order valence-corrected chi connectivity index (χ2v) is 6.20. The summed E-state index contributed by atoms with van der Waals surface area (Å²) in [6.07, 6.45) is 2.19. The molecule has 0 spiro atoms. The Bertz CT molecular complexity index is 612. The van der Waals surface area contributed by atoms with Gasteiger partial charge >= 0.3 is 5.97 Å². The van der Waals surface area contributed by atoms with E-state index in [0.717, 1.165) is 18.5 Å². The maximum absolute atomic E-state index is 12.6. The molecule has 0 saturated carbocycles. The Morgan fingerprint density at radius 3 is 2.46 bits per heavy atom. The summed E-state index contributed by atoms with van der Waals surface area (Å²) in [5.74, 6) is -1.14. The van der Waals surface area contributed by atoms with Gasteiger partial charge in [-0.1, -0.05) is 19.1 Å². The predicted octanol–water partition coefficient (Wildman–Crippen LogP) is 2.13. The zero-order chi connectivity index (χ0) is 17.7. The van der Waals surface area contributed by atoms with Crippen LogP contribution in [-0.4, -0.2) is 51.8 Å². The molecule has 2 amide bonds. The first-order chi connectivity index (χ1) is 11.4. The Morgan fingerprint density at radius 2 is 1.96 bits per heavy atom. The van der Waals surface area contributed by atoms with Crippen molar-refractivity contribution in [3.05, 3.63) is 35.4 Å². The fraction of sp³-hybridized carbons (Fsp3) is 0.500. The minimum atomic E-state index is -1.02. The monoisotopic (exact) mass is 332 g/mol. The summed E-state index contributed by atoms with van der Waals surface area (Å²) < 4.78 is 0. The zero-order valence-electron chi connectivity index (χ0n) is 14.2. The van der Waals surface area contributed by atoms with Gasteiger partial charge in [-0.15, -0.1) is 0 Å². The fourth-order valence-electron chi connectivity index (χ4n) is 2.80. The number of carbonyl (C=O) groups excluding carboxylic acids is 2. The average molecular weight is 332 g/mol. The molecular formula is C18H24N2O4. The summed E-state index contributed by atoms with van der Waals surface area (Å²) in [5, 5.41) is 9.02. The third-order valence-electron chi connectivity index (χ3n) is 4.44. The number of nitrogens with zero attached hydrogens (tertiary/aromatic N) is 2. The summed E-state index contributed by atoms with van der Waals surface area (Å²) in [6, 6.07) is 6.92. The van der Waals surface area contributed by atoms with E-state index >= 15 is 0 Å². The van der Waals surface area contributed by atoms with E-state index in [2.05, 4.69) is 0 Å². The van der Waals surface area contributed by atoms with E-state index in [-0.39, 0.29) is 24.4 Å². The van der Waals surface area contributed by atoms with Crippen molar-refractivity contribution >= 4 is 17.8 Å². The average Bonchev–Trinajstić information content (AvgIpc) is 2.97. The van der Waals surface area contributed by atoms with Crippen LogP contribution in [0.4, 0.5) is 0 Å². The van der Waals surface area contributed by atoms with Gasteiger partial charge in [-0.25, -0.2) is 0 Å². The highest BCUT2D eigenvalue weighted by Gasteiger charge is 2.23. The lowest BCUT2D eigenvalue weighted by Gasteiger charge is -2.27. The number of carboxylic acid groups (broad SMARTS) is 1. The highest BCUT2D eigenvalue weighted by Crippen LogP contribution is 2.16. The molecule has 1 aliphatic rings. The zero-order valence-corrected chi connectivity index (χ0v) is 14.2. The van der Waals surface area contributed by atoms with E-state index < -0.39 is 5.97 Å². The molecule has 1 atom stereocenters. The number of likely N-dealkylation sites (tertiary alicyclic amines) is 1. The van der Waals surface area contributed by atoms with Crippen molar-refractivity contribution in [2.75, 3.05) is 13.1 Å². The van der Waals surface area contributed by atoms with Crippen molar-refractivity contribution in [1.82, 2.24) is 9.80 Å². The largest absolute Gasteiger partial charge is 0.480 e. The number of carboxylic acids is 1. The van der Waals surface area contributed by atoms with Crippen LogP contribution in [0.5, 0.6) is 0 Å². The molecule has 0 aliphatic carbocycles. The summed E-state index contributed by atoms with van der Waals surface area (Å²) in [4.78, 5) is 38.5. The van der Waals surface area contributed by atoms with E-state index in [1.807, 2.05) is 30.9 Å². The van der Waals surface area contributed by atoms with E-state index in [4.69, 9.17) is 5.11 Å². The maximum atomic E-state index is 12.6. The van der Waals surface area contributed by atoms with Gasteiger partial charge in [0, 0.05) is 31.1 Å². The first kappa shape index (κ1) is 18.0. The van der Waals surface area contributed by atoms with Crippen molar-refractivity contribution in [2.45, 2.75) is 45.7 Å². The van der Waals surface area contributed by atoms with Gasteiger partial charge in [0.2, 0.25) is 5.91 Å². The van der Waals surface area contributed by atoms with E-state index in [0.29, 0.717) is 24.9 Å². The predicted molar refractivity (Wildman–Crippen MR) is 89.5 cm³/mol. The molecule has 1 fully saturated rings. The molecule has 24 heavy (non-hydrogen) atoms. The Hall–Kier alpha value is -2.37. The highest BCUT2D eigenvalue weighted by molar-refractivity contribution is 5.96. The van der Waals surface area contributed by atoms with Gasteiger partial charge in [0.05, 0.1) is 0 Å². The minimum absolute atomic E-state index is 0.143. The standard InChI is InChI=1S/C18H24N2O4/c1-3-13(2)20(12-17(22)23)18(24)15-8-6-14(7-9-15)11-19-10-4-5-16(19)21/h6-9,13H,3-5,10-12H2,1-2H3,(H,22,23). The molecule has 1 heterocycles. The second kappa shape index (κ2) is 7.95. The van der Waals surface area contributed by atoms with Gasteiger partial charge in [-0.05, 0) is 37.5 Å². The molecule has 0 radical (unpaired) electrons. The van der Waals surface area contributed by atoms with Gasteiger partial charge < -0.3 is 14.9 Å². The van der Waals surface area contributed by atoms with E-state index in [1.54, 1.807) is 12.1 Å². The lowest BCUT2D eigenvalue weighted by molar-refractivity contribution is -0.138. The molecule has 1 saturated heterocycles. The minimum Gasteiger partial charge on any atom is -0.480 e. The second-order valence-electron chi connectivity index (χ2n) is 6.20. The molecule has 1 N–H and O–H groups in total. The van der Waals surface area contributed by atoms with Crippen LogP contribution in [-0.2, 0) is 16.1 Å². The summed E-state index contributed by atoms with van der Waals surface area (Å²) in [6.45, 7) is 4.78. The van der Waals surface area contributed by atoms with E-state index in [9.17, 15) is 14.4 Å². The van der Waals surface area contributed by atoms with Gasteiger partial charge in [-0.3, -0.25) is 14.4 Å². The summed E-state index contributed by atoms with van der Waals surface area (Å²) >= 11 is 0. The normalized spacial score (nSPS) is 15.4. The first-order valence-corrected chi connectivity index (χ1v) is 8.31. The molecular weight excluding hydrogens is 308 g/mol. The molecule has 1 aromatic rings. The van der Waals surface area contributed by atoms with Crippen LogP contribution in [0.1, 0.15) is 49.0 Å². The molecule has 1 aromatic carbocycles. The SMILES string of the molecule is CCC(C)N(CC(=O)O)C(=O)c1ccc(CN2CCCC2=O)cc1. The molecule has 6 nitrogen and oxygen atoms in total. The van der Waals surface area contributed by atoms with Gasteiger partial charge in [0.15, 0.2) is 0 Å². The third-order valence-corrected chi connectivity index (χ3v) is 4.44. The number of hydrogen-bond donors (Lipinski definition) is 1. The van der Waals surface area contributed by atoms with Crippen molar-refractivity contribution in [2.24, 2.45) is 0 Å². The lowest BCUT2D eigenvalue weighted by atomic mass is 10.1. The van der Waals surface area contributed by atoms with Crippen molar-refractivity contribution < 1.29 is 19.5 Å². The maximum Gasteiger partial charge on any atom is 0.323 e. The summed E-state index contributed by atoms with van der Waals surface area (Å²) in [7, 11) is 0. The summed E-state index contributed by atoms with van der Waals surface area (Å²) in [5.41, 5.74) is 1.43. The van der Waals surface area contributed by atoms with Crippen molar-refractivity contribution in [3.63, 3.8) is 0 Å². The van der Waals surface area contributed by atoms with Crippen molar-refractivity contribution in [3.8, 4) is 0 Å².